The van der Waals surface area contributed by atoms with E-state index < -0.39 is 18.6 Å². The van der Waals surface area contributed by atoms with Crippen LogP contribution >= 0.6 is 0 Å². The van der Waals surface area contributed by atoms with Crippen LogP contribution in [0.2, 0.25) is 0 Å². The Morgan fingerprint density at radius 3 is 2.44 bits per heavy atom. The van der Waals surface area contributed by atoms with E-state index in [1.165, 1.54) is 25.3 Å². The molecule has 0 heterocycles. The molecule has 1 N–H and O–H groups in total. The number of benzene rings is 2. The maximum Gasteiger partial charge on any atom is 0.387 e. The predicted octanol–water partition coefficient (Wildman–Crippen LogP) is 3.22. The molecule has 1 unspecified atom stereocenters. The molecule has 0 aliphatic carbocycles. The molecular formula is C18H16F2N2O3. The Kier molecular flexibility index (Phi) is 6.29. The molecule has 0 radical (unpaired) electrons. The van der Waals surface area contributed by atoms with Gasteiger partial charge in [-0.05, 0) is 12.1 Å². The summed E-state index contributed by atoms with van der Waals surface area (Å²) in [4.78, 5) is 12.2. The summed E-state index contributed by atoms with van der Waals surface area (Å²) >= 11 is 0. The van der Waals surface area contributed by atoms with Crippen molar-refractivity contribution >= 4 is 5.91 Å². The number of carbonyl (C=O) groups excluding carboxylic acids is 1. The maximum atomic E-state index is 12.4. The van der Waals surface area contributed by atoms with E-state index in [1.807, 2.05) is 6.07 Å². The van der Waals surface area contributed by atoms with Gasteiger partial charge in [-0.3, -0.25) is 4.79 Å². The van der Waals surface area contributed by atoms with Gasteiger partial charge in [0.15, 0.2) is 0 Å². The van der Waals surface area contributed by atoms with Crippen molar-refractivity contribution in [2.45, 2.75) is 19.1 Å². The number of alkyl halides is 2. The van der Waals surface area contributed by atoms with Gasteiger partial charge < -0.3 is 14.8 Å². The zero-order chi connectivity index (χ0) is 18.2. The minimum absolute atomic E-state index is 0.0709. The van der Waals surface area contributed by atoms with Gasteiger partial charge in [-0.15, -0.1) is 0 Å². The highest BCUT2D eigenvalue weighted by atomic mass is 19.3. The van der Waals surface area contributed by atoms with Gasteiger partial charge in [-0.2, -0.15) is 14.0 Å². The van der Waals surface area contributed by atoms with Crippen molar-refractivity contribution in [2.75, 3.05) is 7.11 Å². The van der Waals surface area contributed by atoms with Gasteiger partial charge in [0.05, 0.1) is 19.6 Å². The van der Waals surface area contributed by atoms with E-state index >= 15 is 0 Å². The molecule has 2 rings (SSSR count). The second-order valence-corrected chi connectivity index (χ2v) is 5.03. The van der Waals surface area contributed by atoms with Gasteiger partial charge in [0.25, 0.3) is 0 Å². The zero-order valence-corrected chi connectivity index (χ0v) is 13.4. The van der Waals surface area contributed by atoms with Crippen LogP contribution in [0, 0.1) is 11.3 Å². The first-order valence-electron chi connectivity index (χ1n) is 7.39. The Hall–Kier alpha value is -3.14. The van der Waals surface area contributed by atoms with E-state index in [1.54, 1.807) is 30.3 Å². The Balaban J connectivity index is 2.13. The Labute approximate surface area is 143 Å². The van der Waals surface area contributed by atoms with Crippen molar-refractivity contribution in [3.05, 3.63) is 59.7 Å². The molecule has 2 aromatic rings. The minimum Gasteiger partial charge on any atom is -0.496 e. The van der Waals surface area contributed by atoms with Gasteiger partial charge in [-0.1, -0.05) is 36.4 Å². The van der Waals surface area contributed by atoms with Gasteiger partial charge in [0, 0.05) is 11.1 Å². The van der Waals surface area contributed by atoms with Crippen LogP contribution in [0.3, 0.4) is 0 Å². The summed E-state index contributed by atoms with van der Waals surface area (Å²) in [6.07, 6.45) is -0.198. The van der Waals surface area contributed by atoms with Gasteiger partial charge in [0.2, 0.25) is 5.91 Å². The molecule has 0 aliphatic heterocycles. The fourth-order valence-corrected chi connectivity index (χ4v) is 2.33. The summed E-state index contributed by atoms with van der Waals surface area (Å²) in [5.74, 6) is -0.1000. The van der Waals surface area contributed by atoms with Crippen LogP contribution in [-0.2, 0) is 11.2 Å². The first-order chi connectivity index (χ1) is 12.0. The Morgan fingerprint density at radius 1 is 1.16 bits per heavy atom. The standard InChI is InChI=1S/C18H16F2N2O3/c1-24-16-9-5-3-7-13(16)14(11-21)22-17(23)10-12-6-2-4-8-15(12)25-18(19)20/h2-9,14,18H,10H2,1H3,(H,22,23). The predicted molar refractivity (Wildman–Crippen MR) is 86.3 cm³/mol. The van der Waals surface area contributed by atoms with Crippen LogP contribution in [0.15, 0.2) is 48.5 Å². The van der Waals surface area contributed by atoms with Gasteiger partial charge in [0.1, 0.15) is 17.5 Å². The first-order valence-corrected chi connectivity index (χ1v) is 7.39. The Morgan fingerprint density at radius 2 is 1.80 bits per heavy atom. The number of hydrogen-bond donors (Lipinski definition) is 1. The number of nitrogens with one attached hydrogen (secondary N) is 1. The quantitative estimate of drug-likeness (QED) is 0.836. The van der Waals surface area contributed by atoms with E-state index in [4.69, 9.17) is 4.74 Å². The lowest BCUT2D eigenvalue weighted by molar-refractivity contribution is -0.121. The van der Waals surface area contributed by atoms with Gasteiger partial charge >= 0.3 is 6.61 Å². The third-order valence-electron chi connectivity index (χ3n) is 3.42. The van der Waals surface area contributed by atoms with Crippen LogP contribution < -0.4 is 14.8 Å². The van der Waals surface area contributed by atoms with Crippen LogP contribution in [0.1, 0.15) is 17.2 Å². The van der Waals surface area contributed by atoms with E-state index in [0.29, 0.717) is 16.9 Å². The highest BCUT2D eigenvalue weighted by molar-refractivity contribution is 5.80. The third kappa shape index (κ3) is 4.91. The molecule has 1 amide bonds. The molecule has 130 valence electrons. The summed E-state index contributed by atoms with van der Waals surface area (Å²) in [6, 6.07) is 13.9. The SMILES string of the molecule is COc1ccccc1C(C#N)NC(=O)Cc1ccccc1OC(F)F. The number of halogens is 2. The zero-order valence-electron chi connectivity index (χ0n) is 13.4. The fourth-order valence-electron chi connectivity index (χ4n) is 2.33. The van der Waals surface area contributed by atoms with Crippen molar-refractivity contribution in [3.8, 4) is 17.6 Å². The number of methoxy groups -OCH3 is 1. The molecule has 0 saturated carbocycles. The average molecular weight is 346 g/mol. The van der Waals surface area contributed by atoms with Crippen molar-refractivity contribution in [2.24, 2.45) is 0 Å². The molecule has 2 aromatic carbocycles. The van der Waals surface area contributed by atoms with Crippen molar-refractivity contribution in [3.63, 3.8) is 0 Å². The lowest BCUT2D eigenvalue weighted by Crippen LogP contribution is -2.29. The molecule has 5 nitrogen and oxygen atoms in total. The number of ether oxygens (including phenoxy) is 2. The highest BCUT2D eigenvalue weighted by Gasteiger charge is 2.19. The molecule has 25 heavy (non-hydrogen) atoms. The second kappa shape index (κ2) is 8.64. The number of para-hydroxylation sites is 2. The van der Waals surface area contributed by atoms with E-state index in [0.717, 1.165) is 0 Å². The van der Waals surface area contributed by atoms with Crippen molar-refractivity contribution in [1.82, 2.24) is 5.32 Å². The van der Waals surface area contributed by atoms with Crippen LogP contribution in [0.25, 0.3) is 0 Å². The molecule has 0 saturated heterocycles. The fraction of sp³-hybridized carbons (Fsp3) is 0.222. The highest BCUT2D eigenvalue weighted by Crippen LogP contribution is 2.25. The largest absolute Gasteiger partial charge is 0.496 e. The molecule has 7 heteroatoms. The number of hydrogen-bond acceptors (Lipinski definition) is 4. The van der Waals surface area contributed by atoms with Crippen LogP contribution in [0.4, 0.5) is 8.78 Å². The maximum absolute atomic E-state index is 12.4. The van der Waals surface area contributed by atoms with Crippen molar-refractivity contribution < 1.29 is 23.0 Å². The lowest BCUT2D eigenvalue weighted by Gasteiger charge is -2.16. The molecule has 0 bridgehead atoms. The van der Waals surface area contributed by atoms with Crippen LogP contribution in [-0.4, -0.2) is 19.6 Å². The molecule has 0 spiro atoms. The number of nitrogens with zero attached hydrogens (tertiary/aromatic N) is 1. The van der Waals surface area contributed by atoms with E-state index in [9.17, 15) is 18.8 Å². The van der Waals surface area contributed by atoms with Crippen molar-refractivity contribution in [1.29, 1.82) is 5.26 Å². The topological polar surface area (TPSA) is 71.3 Å². The summed E-state index contributed by atoms with van der Waals surface area (Å²) in [5.41, 5.74) is 0.815. The number of amides is 1. The first kappa shape index (κ1) is 18.2. The van der Waals surface area contributed by atoms with Crippen LogP contribution in [0.5, 0.6) is 11.5 Å². The molecular weight excluding hydrogens is 330 g/mol. The van der Waals surface area contributed by atoms with E-state index in [-0.39, 0.29) is 12.2 Å². The lowest BCUT2D eigenvalue weighted by atomic mass is 10.1. The minimum atomic E-state index is -2.98. The average Bonchev–Trinajstić information content (AvgIpc) is 2.61. The molecule has 0 fully saturated rings. The summed E-state index contributed by atoms with van der Waals surface area (Å²) < 4.78 is 34.4. The summed E-state index contributed by atoms with van der Waals surface area (Å²) in [7, 11) is 1.47. The summed E-state index contributed by atoms with van der Waals surface area (Å²) in [6.45, 7) is -2.98. The smallest absolute Gasteiger partial charge is 0.387 e. The van der Waals surface area contributed by atoms with E-state index in [2.05, 4.69) is 10.1 Å². The monoisotopic (exact) mass is 346 g/mol. The summed E-state index contributed by atoms with van der Waals surface area (Å²) in [5, 5.41) is 11.9. The number of carbonyl (C=O) groups is 1. The molecule has 0 aromatic heterocycles. The molecule has 0 aliphatic rings. The normalized spacial score (nSPS) is 11.5. The molecule has 1 atom stereocenters. The number of rotatable bonds is 7. The number of nitriles is 1. The second-order valence-electron chi connectivity index (χ2n) is 5.03. The van der Waals surface area contributed by atoms with Gasteiger partial charge in [-0.25, -0.2) is 0 Å². The Bertz CT molecular complexity index is 775. The third-order valence-corrected chi connectivity index (χ3v) is 3.42.